The van der Waals surface area contributed by atoms with E-state index in [4.69, 9.17) is 16.0 Å². The zero-order valence-electron chi connectivity index (χ0n) is 39.1. The van der Waals surface area contributed by atoms with Gasteiger partial charge in [0, 0.05) is 27.6 Å². The second-order valence-electron chi connectivity index (χ2n) is 19.1. The van der Waals surface area contributed by atoms with Crippen LogP contribution in [0.25, 0.3) is 66.1 Å². The maximum atomic E-state index is 7.98. The molecule has 1 unspecified atom stereocenters. The molecule has 2 aliphatic rings. The van der Waals surface area contributed by atoms with Gasteiger partial charge in [-0.2, -0.15) is 0 Å². The van der Waals surface area contributed by atoms with Gasteiger partial charge in [0.25, 0.3) is 0 Å². The molecule has 0 fully saturated rings. The predicted molar refractivity (Wildman–Crippen MR) is 296 cm³/mol. The quantitative estimate of drug-likeness (QED) is 0.151. The normalized spacial score (nSPS) is 15.1. The van der Waals surface area contributed by atoms with Crippen LogP contribution in [0.15, 0.2) is 253 Å². The standard InChI is InChI=1S/C68H46ClNO/c1-2-67(48-20-6-3-7-21-48)58-28-16-14-26-53(58)55-36-33-51(42-60(55)67)70(62-38-39-63-65(66(62)69)57-35-32-47(41-64(57)71-63)46-31-30-44-18-12-13-19-45(44)40-46)52-34-37-56-54-27-15-17-29-59(54)68(61(56)43-52,49-22-8-4-9-23-49)50-24-10-5-11-25-50/h3-43H,2H2,1H3. The van der Waals surface area contributed by atoms with Crippen LogP contribution in [0.5, 0.6) is 0 Å². The Morgan fingerprint density at radius 1 is 0.408 bits per heavy atom. The summed E-state index contributed by atoms with van der Waals surface area (Å²) in [5.41, 5.74) is 19.6. The lowest BCUT2D eigenvalue weighted by Crippen LogP contribution is -2.28. The first kappa shape index (κ1) is 41.5. The van der Waals surface area contributed by atoms with E-state index in [1.165, 1.54) is 72.0 Å². The second kappa shape index (κ2) is 16.1. The lowest BCUT2D eigenvalue weighted by atomic mass is 9.67. The lowest BCUT2D eigenvalue weighted by molar-refractivity contribution is 0.609. The first-order chi connectivity index (χ1) is 35.1. The SMILES string of the molecule is CCC1(c2ccccc2)c2ccccc2-c2ccc(N(c3ccc4c(c3)C(c3ccccc3)(c3ccccc3)c3ccccc3-4)c3ccc4oc5cc(-c6ccc7ccccc7c6)ccc5c4c3Cl)cc21. The number of rotatable bonds is 8. The Morgan fingerprint density at radius 2 is 0.944 bits per heavy atom. The molecule has 0 saturated carbocycles. The molecule has 0 radical (unpaired) electrons. The Hall–Kier alpha value is -8.43. The van der Waals surface area contributed by atoms with Gasteiger partial charge in [-0.05, 0) is 144 Å². The number of anilines is 3. The van der Waals surface area contributed by atoms with Gasteiger partial charge in [-0.15, -0.1) is 0 Å². The minimum absolute atomic E-state index is 0.360. The van der Waals surface area contributed by atoms with Gasteiger partial charge in [-0.1, -0.05) is 213 Å². The molecule has 1 aromatic heterocycles. The van der Waals surface area contributed by atoms with E-state index in [1.807, 2.05) is 0 Å². The van der Waals surface area contributed by atoms with Crippen LogP contribution in [0.4, 0.5) is 17.1 Å². The maximum Gasteiger partial charge on any atom is 0.137 e. The van der Waals surface area contributed by atoms with Crippen molar-refractivity contribution in [2.24, 2.45) is 0 Å². The van der Waals surface area contributed by atoms with E-state index in [0.717, 1.165) is 56.5 Å². The molecule has 0 amide bonds. The summed E-state index contributed by atoms with van der Waals surface area (Å²) in [6.07, 6.45) is 0.896. The Kier molecular flexibility index (Phi) is 9.40. The van der Waals surface area contributed by atoms with Crippen molar-refractivity contribution >= 4 is 61.4 Å². The summed E-state index contributed by atoms with van der Waals surface area (Å²) in [6, 6.07) is 91.1. The van der Waals surface area contributed by atoms with E-state index in [0.29, 0.717) is 5.02 Å². The van der Waals surface area contributed by atoms with Crippen molar-refractivity contribution in [3.05, 3.63) is 293 Å². The van der Waals surface area contributed by atoms with Gasteiger partial charge in [0.1, 0.15) is 11.2 Å². The van der Waals surface area contributed by atoms with Crippen LogP contribution in [0.3, 0.4) is 0 Å². The van der Waals surface area contributed by atoms with E-state index in [1.54, 1.807) is 0 Å². The van der Waals surface area contributed by atoms with Crippen LogP contribution in [-0.4, -0.2) is 0 Å². The second-order valence-corrected chi connectivity index (χ2v) is 19.5. The fourth-order valence-electron chi connectivity index (χ4n) is 12.6. The molecular weight excluding hydrogens is 882 g/mol. The molecule has 0 saturated heterocycles. The highest BCUT2D eigenvalue weighted by molar-refractivity contribution is 6.40. The molecule has 12 aromatic rings. The van der Waals surface area contributed by atoms with Crippen LogP contribution in [0, 0.1) is 0 Å². The number of benzene rings is 11. The average Bonchev–Trinajstić information content (AvgIpc) is 4.07. The van der Waals surface area contributed by atoms with Gasteiger partial charge in [-0.3, -0.25) is 0 Å². The smallest absolute Gasteiger partial charge is 0.137 e. The number of fused-ring (bicyclic) bond motifs is 10. The Bertz CT molecular complexity index is 4020. The summed E-state index contributed by atoms with van der Waals surface area (Å²) in [5, 5.41) is 4.93. The molecule has 71 heavy (non-hydrogen) atoms. The Morgan fingerprint density at radius 3 is 1.63 bits per heavy atom. The van der Waals surface area contributed by atoms with Crippen molar-refractivity contribution in [2.45, 2.75) is 24.2 Å². The number of halogens is 1. The van der Waals surface area contributed by atoms with Gasteiger partial charge < -0.3 is 9.32 Å². The summed E-state index contributed by atoms with van der Waals surface area (Å²) in [7, 11) is 0. The molecule has 14 rings (SSSR count). The van der Waals surface area contributed by atoms with Gasteiger partial charge >= 0.3 is 0 Å². The molecule has 336 valence electrons. The van der Waals surface area contributed by atoms with Crippen molar-refractivity contribution in [1.82, 2.24) is 0 Å². The lowest BCUT2D eigenvalue weighted by Gasteiger charge is -2.35. The molecule has 2 nitrogen and oxygen atoms in total. The highest BCUT2D eigenvalue weighted by atomic mass is 35.5. The minimum Gasteiger partial charge on any atom is -0.456 e. The van der Waals surface area contributed by atoms with Crippen molar-refractivity contribution in [3.8, 4) is 33.4 Å². The molecule has 2 aliphatic carbocycles. The summed E-state index contributed by atoms with van der Waals surface area (Å²) in [6.45, 7) is 2.33. The van der Waals surface area contributed by atoms with Crippen molar-refractivity contribution < 1.29 is 4.42 Å². The Labute approximate surface area is 418 Å². The predicted octanol–water partition coefficient (Wildman–Crippen LogP) is 18.6. The highest BCUT2D eigenvalue weighted by Gasteiger charge is 2.47. The number of hydrogen-bond acceptors (Lipinski definition) is 2. The third-order valence-electron chi connectivity index (χ3n) is 15.8. The first-order valence-corrected chi connectivity index (χ1v) is 25.0. The molecular formula is C68H46ClNO. The Balaban J connectivity index is 1.02. The zero-order chi connectivity index (χ0) is 47.3. The molecule has 0 bridgehead atoms. The van der Waals surface area contributed by atoms with Crippen molar-refractivity contribution in [3.63, 3.8) is 0 Å². The van der Waals surface area contributed by atoms with Crippen LogP contribution < -0.4 is 4.90 Å². The molecule has 11 aromatic carbocycles. The van der Waals surface area contributed by atoms with Gasteiger partial charge in [-0.25, -0.2) is 0 Å². The monoisotopic (exact) mass is 927 g/mol. The van der Waals surface area contributed by atoms with Crippen molar-refractivity contribution in [2.75, 3.05) is 4.90 Å². The van der Waals surface area contributed by atoms with Crippen molar-refractivity contribution in [1.29, 1.82) is 0 Å². The minimum atomic E-state index is -0.586. The fraction of sp³-hybridized carbons (Fsp3) is 0.0588. The molecule has 0 aliphatic heterocycles. The van der Waals surface area contributed by atoms with Crippen LogP contribution in [0.2, 0.25) is 5.02 Å². The molecule has 3 heteroatoms. The summed E-state index contributed by atoms with van der Waals surface area (Å²) >= 11 is 7.98. The largest absolute Gasteiger partial charge is 0.456 e. The molecule has 1 heterocycles. The van der Waals surface area contributed by atoms with E-state index in [9.17, 15) is 0 Å². The molecule has 1 atom stereocenters. The fourth-order valence-corrected chi connectivity index (χ4v) is 13.0. The van der Waals surface area contributed by atoms with Gasteiger partial charge in [0.05, 0.1) is 16.1 Å². The van der Waals surface area contributed by atoms with Crippen LogP contribution >= 0.6 is 11.6 Å². The summed E-state index contributed by atoms with van der Waals surface area (Å²) < 4.78 is 6.73. The van der Waals surface area contributed by atoms with Gasteiger partial charge in [0.15, 0.2) is 0 Å². The summed E-state index contributed by atoms with van der Waals surface area (Å²) in [5.74, 6) is 0. The van der Waals surface area contributed by atoms with E-state index in [-0.39, 0.29) is 5.41 Å². The van der Waals surface area contributed by atoms with E-state index < -0.39 is 5.41 Å². The number of hydrogen-bond donors (Lipinski definition) is 0. The number of nitrogens with zero attached hydrogens (tertiary/aromatic N) is 1. The van der Waals surface area contributed by atoms with E-state index >= 15 is 0 Å². The average molecular weight is 929 g/mol. The van der Waals surface area contributed by atoms with Crippen LogP contribution in [-0.2, 0) is 10.8 Å². The third kappa shape index (κ3) is 6.02. The van der Waals surface area contributed by atoms with Gasteiger partial charge in [0.2, 0.25) is 0 Å². The summed E-state index contributed by atoms with van der Waals surface area (Å²) in [4.78, 5) is 2.39. The maximum absolute atomic E-state index is 7.98. The number of furan rings is 1. The topological polar surface area (TPSA) is 16.4 Å². The first-order valence-electron chi connectivity index (χ1n) is 24.7. The zero-order valence-corrected chi connectivity index (χ0v) is 39.9. The highest BCUT2D eigenvalue weighted by Crippen LogP contribution is 2.59. The van der Waals surface area contributed by atoms with Crippen LogP contribution in [0.1, 0.15) is 52.3 Å². The third-order valence-corrected chi connectivity index (χ3v) is 16.2. The molecule has 0 spiro atoms. The molecule has 0 N–H and O–H groups in total. The van der Waals surface area contributed by atoms with E-state index in [2.05, 4.69) is 261 Å².